The van der Waals surface area contributed by atoms with Crippen molar-refractivity contribution >= 4 is 43.5 Å². The Morgan fingerprint density at radius 1 is 1.17 bits per heavy atom. The average Bonchev–Trinajstić information content (AvgIpc) is 3.59. The maximum absolute atomic E-state index is 13.1. The molecule has 5 aromatic rings. The number of hydrogen-bond donors (Lipinski definition) is 1. The number of hydrogen-bond acceptors (Lipinski definition) is 4. The van der Waals surface area contributed by atoms with Crippen molar-refractivity contribution in [3.05, 3.63) is 76.8 Å². The summed E-state index contributed by atoms with van der Waals surface area (Å²) in [7, 11) is 0. The highest BCUT2D eigenvalue weighted by Crippen LogP contribution is 2.28. The van der Waals surface area contributed by atoms with Gasteiger partial charge in [0.1, 0.15) is 5.69 Å². The van der Waals surface area contributed by atoms with Crippen LogP contribution in [-0.4, -0.2) is 48.9 Å². The predicted molar refractivity (Wildman–Crippen MR) is 140 cm³/mol. The van der Waals surface area contributed by atoms with Crippen LogP contribution in [0, 0.1) is 12.8 Å². The van der Waals surface area contributed by atoms with Crippen LogP contribution in [0.15, 0.2) is 65.5 Å². The molecule has 1 atom stereocenters. The molecule has 2 aromatic carbocycles. The van der Waals surface area contributed by atoms with Crippen LogP contribution in [-0.2, 0) is 17.8 Å². The molecule has 176 valence electrons. The molecule has 0 spiro atoms. The number of pyridine rings is 1. The molecule has 0 aliphatic carbocycles. The second kappa shape index (κ2) is 8.92. The van der Waals surface area contributed by atoms with Gasteiger partial charge in [-0.1, -0.05) is 33.3 Å². The Morgan fingerprint density at radius 3 is 3.00 bits per heavy atom. The molecule has 0 bridgehead atoms. The van der Waals surface area contributed by atoms with E-state index >= 15 is 0 Å². The number of carbonyl (C=O) groups excluding carboxylic acids is 1. The van der Waals surface area contributed by atoms with Crippen LogP contribution in [0.25, 0.3) is 32.9 Å². The van der Waals surface area contributed by atoms with E-state index in [9.17, 15) is 4.79 Å². The van der Waals surface area contributed by atoms with Gasteiger partial charge in [-0.2, -0.15) is 0 Å². The van der Waals surface area contributed by atoms with Gasteiger partial charge in [0.25, 0.3) is 0 Å². The lowest BCUT2D eigenvalue weighted by atomic mass is 10.1. The second-order valence-corrected chi connectivity index (χ2v) is 10.3. The fraction of sp³-hybridized carbons (Fsp3) is 0.259. The van der Waals surface area contributed by atoms with Gasteiger partial charge in [-0.15, -0.1) is 5.10 Å². The molecule has 0 radical (unpaired) electrons. The van der Waals surface area contributed by atoms with E-state index in [0.29, 0.717) is 12.3 Å². The van der Waals surface area contributed by atoms with Crippen LogP contribution >= 0.6 is 15.9 Å². The highest BCUT2D eigenvalue weighted by molar-refractivity contribution is 9.10. The lowest BCUT2D eigenvalue weighted by molar-refractivity contribution is -0.129. The van der Waals surface area contributed by atoms with Gasteiger partial charge < -0.3 is 9.88 Å². The van der Waals surface area contributed by atoms with Gasteiger partial charge in [-0.3, -0.25) is 14.5 Å². The van der Waals surface area contributed by atoms with Crippen LogP contribution in [0.3, 0.4) is 0 Å². The number of rotatable bonds is 5. The molecule has 1 saturated heterocycles. The molecule has 1 fully saturated rings. The molecule has 1 N–H and O–H groups in total. The van der Waals surface area contributed by atoms with Crippen molar-refractivity contribution in [2.75, 3.05) is 13.1 Å². The number of halogens is 1. The number of carbonyl (C=O) groups is 1. The largest absolute Gasteiger partial charge is 0.358 e. The number of aromatic amines is 1. The Balaban J connectivity index is 1.11. The summed E-state index contributed by atoms with van der Waals surface area (Å²) in [5.74, 6) is 0.552. The van der Waals surface area contributed by atoms with Crippen molar-refractivity contribution in [2.45, 2.75) is 26.3 Å². The molecule has 4 heterocycles. The normalized spacial score (nSPS) is 15.9. The first-order valence-electron chi connectivity index (χ1n) is 11.8. The Labute approximate surface area is 211 Å². The maximum Gasteiger partial charge on any atom is 0.227 e. The molecule has 6 rings (SSSR count). The summed E-state index contributed by atoms with van der Waals surface area (Å²) in [6.45, 7) is 4.34. The summed E-state index contributed by atoms with van der Waals surface area (Å²) in [5.41, 5.74) is 5.11. The van der Waals surface area contributed by atoms with Crippen LogP contribution in [0.5, 0.6) is 0 Å². The van der Waals surface area contributed by atoms with Crippen molar-refractivity contribution < 1.29 is 4.79 Å². The van der Waals surface area contributed by atoms with Crippen LogP contribution in [0.4, 0.5) is 0 Å². The number of nitrogens with zero attached hydrogens (tertiary/aromatic N) is 5. The highest BCUT2D eigenvalue weighted by Gasteiger charge is 2.27. The zero-order valence-electron chi connectivity index (χ0n) is 19.4. The van der Waals surface area contributed by atoms with E-state index in [1.807, 2.05) is 47.1 Å². The van der Waals surface area contributed by atoms with Crippen LogP contribution in [0.1, 0.15) is 17.7 Å². The number of amides is 1. The molecule has 7 nitrogen and oxygen atoms in total. The first kappa shape index (κ1) is 22.0. The fourth-order valence-corrected chi connectivity index (χ4v) is 5.44. The third-order valence-corrected chi connectivity index (χ3v) is 7.46. The summed E-state index contributed by atoms with van der Waals surface area (Å²) < 4.78 is 2.93. The minimum absolute atomic E-state index is 0.182. The lowest BCUT2D eigenvalue weighted by Crippen LogP contribution is -2.30. The van der Waals surface area contributed by atoms with Gasteiger partial charge >= 0.3 is 0 Å². The molecule has 0 saturated carbocycles. The summed E-state index contributed by atoms with van der Waals surface area (Å²) in [6.07, 6.45) is 7.05. The summed E-state index contributed by atoms with van der Waals surface area (Å²) in [4.78, 5) is 22.7. The van der Waals surface area contributed by atoms with Crippen molar-refractivity contribution in [1.82, 2.24) is 29.9 Å². The van der Waals surface area contributed by atoms with Gasteiger partial charge in [0.2, 0.25) is 5.91 Å². The molecule has 35 heavy (non-hydrogen) atoms. The van der Waals surface area contributed by atoms with Crippen molar-refractivity contribution in [3.8, 4) is 11.3 Å². The van der Waals surface area contributed by atoms with Crippen LogP contribution < -0.4 is 0 Å². The van der Waals surface area contributed by atoms with E-state index in [1.54, 1.807) is 6.20 Å². The van der Waals surface area contributed by atoms with Gasteiger partial charge in [-0.25, -0.2) is 0 Å². The average molecular weight is 529 g/mol. The number of H-pyrrole nitrogens is 1. The predicted octanol–water partition coefficient (Wildman–Crippen LogP) is 5.14. The van der Waals surface area contributed by atoms with Crippen LogP contribution in [0.2, 0.25) is 0 Å². The third-order valence-electron chi connectivity index (χ3n) is 6.97. The fourth-order valence-electron chi connectivity index (χ4n) is 5.08. The maximum atomic E-state index is 13.1. The van der Waals surface area contributed by atoms with Gasteiger partial charge in [0, 0.05) is 64.0 Å². The van der Waals surface area contributed by atoms with Gasteiger partial charge in [0.05, 0.1) is 12.6 Å². The van der Waals surface area contributed by atoms with E-state index < -0.39 is 0 Å². The Hall–Kier alpha value is -3.52. The Morgan fingerprint density at radius 2 is 2.09 bits per heavy atom. The highest BCUT2D eigenvalue weighted by atomic mass is 79.9. The Bertz CT molecular complexity index is 1550. The topological polar surface area (TPSA) is 79.7 Å². The standard InChI is InChI=1S/C27H25BrN6O/c1-17-23(24-11-22(28)4-5-25(24)30-17)12-27(35)33-9-7-18(14-33)15-34-16-26(31-32-34)20-2-3-21-13-29-8-6-19(21)10-20/h2-6,8,10-11,13,16,18,30H,7,9,12,14-15H2,1H3. The zero-order valence-corrected chi connectivity index (χ0v) is 21.0. The van der Waals surface area contributed by atoms with E-state index in [4.69, 9.17) is 0 Å². The first-order chi connectivity index (χ1) is 17.0. The van der Waals surface area contributed by atoms with Gasteiger partial charge in [0.15, 0.2) is 0 Å². The molecule has 1 unspecified atom stereocenters. The first-order valence-corrected chi connectivity index (χ1v) is 12.6. The van der Waals surface area contributed by atoms with E-state index in [2.05, 4.69) is 60.5 Å². The number of aromatic nitrogens is 5. The molecule has 1 amide bonds. The monoisotopic (exact) mass is 528 g/mol. The second-order valence-electron chi connectivity index (χ2n) is 9.35. The molecular weight excluding hydrogens is 504 g/mol. The number of nitrogens with one attached hydrogen (secondary N) is 1. The van der Waals surface area contributed by atoms with E-state index in [0.717, 1.165) is 74.7 Å². The SMILES string of the molecule is Cc1[nH]c2ccc(Br)cc2c1CC(=O)N1CCC(Cn2cc(-c3ccc4cnccc4c3)nn2)C1. The van der Waals surface area contributed by atoms with Crippen molar-refractivity contribution in [1.29, 1.82) is 0 Å². The van der Waals surface area contributed by atoms with E-state index in [1.165, 1.54) is 0 Å². The summed E-state index contributed by atoms with van der Waals surface area (Å²) in [5, 5.41) is 12.1. The summed E-state index contributed by atoms with van der Waals surface area (Å²) in [6, 6.07) is 14.4. The quantitative estimate of drug-likeness (QED) is 0.342. The third kappa shape index (κ3) is 4.34. The van der Waals surface area contributed by atoms with Crippen molar-refractivity contribution in [2.24, 2.45) is 5.92 Å². The number of fused-ring (bicyclic) bond motifs is 2. The lowest BCUT2D eigenvalue weighted by Gasteiger charge is -2.17. The number of benzene rings is 2. The molecule has 8 heteroatoms. The molecule has 1 aliphatic rings. The smallest absolute Gasteiger partial charge is 0.227 e. The van der Waals surface area contributed by atoms with Gasteiger partial charge in [-0.05, 0) is 60.5 Å². The summed E-state index contributed by atoms with van der Waals surface area (Å²) >= 11 is 3.55. The minimum atomic E-state index is 0.182. The Kier molecular flexibility index (Phi) is 5.60. The van der Waals surface area contributed by atoms with E-state index in [-0.39, 0.29) is 5.91 Å². The number of likely N-dealkylation sites (tertiary alicyclic amines) is 1. The molecular formula is C27H25BrN6O. The van der Waals surface area contributed by atoms with Crippen molar-refractivity contribution in [3.63, 3.8) is 0 Å². The minimum Gasteiger partial charge on any atom is -0.358 e. The molecule has 1 aliphatic heterocycles. The number of aryl methyl sites for hydroxylation is 1. The molecule has 3 aromatic heterocycles. The zero-order chi connectivity index (χ0) is 23.9.